The summed E-state index contributed by atoms with van der Waals surface area (Å²) in [5.74, 6) is 0.621. The Labute approximate surface area is 65.6 Å². The minimum absolute atomic E-state index is 0.0458. The molecule has 0 aromatic carbocycles. The highest BCUT2D eigenvalue weighted by Crippen LogP contribution is 2.01. The van der Waals surface area contributed by atoms with Gasteiger partial charge in [-0.15, -0.1) is 0 Å². The molecule has 0 spiro atoms. The Morgan fingerprint density at radius 3 is 2.91 bits per heavy atom. The van der Waals surface area contributed by atoms with Crippen molar-refractivity contribution in [1.82, 2.24) is 5.32 Å². The van der Waals surface area contributed by atoms with Crippen molar-refractivity contribution in [3.05, 3.63) is 0 Å². The van der Waals surface area contributed by atoms with Gasteiger partial charge < -0.3 is 10.1 Å². The second-order valence-electron chi connectivity index (χ2n) is 2.38. The molecule has 0 fully saturated rings. The van der Waals surface area contributed by atoms with E-state index in [1.807, 2.05) is 6.92 Å². The van der Waals surface area contributed by atoms with Gasteiger partial charge >= 0.3 is 0 Å². The number of nitrogens with zero attached hydrogens (tertiary/aromatic N) is 1. The standard InChI is InChI=1S/C7H12N2O2/c1-3-5(11-2)7-8-4-6(10)9-7/h5H,3-4H2,1-2H3,(H,8,9,10). The first-order valence-corrected chi connectivity index (χ1v) is 3.65. The van der Waals surface area contributed by atoms with E-state index in [2.05, 4.69) is 10.3 Å². The predicted octanol–water partition coefficient (Wildman–Crippen LogP) is -0.0603. The second-order valence-corrected chi connectivity index (χ2v) is 2.38. The average Bonchev–Trinajstić information content (AvgIpc) is 2.39. The van der Waals surface area contributed by atoms with Crippen molar-refractivity contribution >= 4 is 11.7 Å². The van der Waals surface area contributed by atoms with Crippen molar-refractivity contribution < 1.29 is 9.53 Å². The molecule has 0 aliphatic carbocycles. The highest BCUT2D eigenvalue weighted by atomic mass is 16.5. The number of amidine groups is 1. The van der Waals surface area contributed by atoms with Gasteiger partial charge in [0.15, 0.2) is 0 Å². The van der Waals surface area contributed by atoms with Gasteiger partial charge in [0.2, 0.25) is 5.91 Å². The topological polar surface area (TPSA) is 50.7 Å². The molecule has 0 radical (unpaired) electrons. The molecule has 1 rings (SSSR count). The van der Waals surface area contributed by atoms with Crippen molar-refractivity contribution in [2.24, 2.45) is 4.99 Å². The molecule has 62 valence electrons. The summed E-state index contributed by atoms with van der Waals surface area (Å²) < 4.78 is 5.09. The molecule has 1 aliphatic heterocycles. The number of carbonyl (C=O) groups is 1. The summed E-state index contributed by atoms with van der Waals surface area (Å²) in [5.41, 5.74) is 0. The minimum Gasteiger partial charge on any atom is -0.374 e. The van der Waals surface area contributed by atoms with Gasteiger partial charge in [0.25, 0.3) is 0 Å². The van der Waals surface area contributed by atoms with Crippen molar-refractivity contribution in [2.75, 3.05) is 13.7 Å². The fourth-order valence-electron chi connectivity index (χ4n) is 1.03. The number of carbonyl (C=O) groups excluding carboxylic acids is 1. The zero-order valence-electron chi connectivity index (χ0n) is 6.76. The molecule has 1 amide bonds. The largest absolute Gasteiger partial charge is 0.374 e. The van der Waals surface area contributed by atoms with Crippen molar-refractivity contribution in [2.45, 2.75) is 19.4 Å². The highest BCUT2D eigenvalue weighted by molar-refractivity contribution is 6.05. The van der Waals surface area contributed by atoms with E-state index in [1.165, 1.54) is 0 Å². The lowest BCUT2D eigenvalue weighted by atomic mass is 10.2. The first-order valence-electron chi connectivity index (χ1n) is 3.65. The molecule has 0 saturated carbocycles. The number of hydrogen-bond acceptors (Lipinski definition) is 3. The Bertz CT molecular complexity index is 185. The summed E-state index contributed by atoms with van der Waals surface area (Å²) in [5, 5.41) is 2.64. The maximum absolute atomic E-state index is 10.7. The molecule has 4 heteroatoms. The summed E-state index contributed by atoms with van der Waals surface area (Å²) in [6.07, 6.45) is 0.775. The van der Waals surface area contributed by atoms with E-state index < -0.39 is 0 Å². The van der Waals surface area contributed by atoms with Gasteiger partial charge in [0.1, 0.15) is 18.5 Å². The summed E-state index contributed by atoms with van der Waals surface area (Å²) in [7, 11) is 1.61. The molecule has 1 N–H and O–H groups in total. The van der Waals surface area contributed by atoms with E-state index in [-0.39, 0.29) is 18.6 Å². The van der Waals surface area contributed by atoms with Crippen LogP contribution >= 0.6 is 0 Å². The number of aliphatic imine (C=N–C) groups is 1. The molecule has 1 aliphatic rings. The second kappa shape index (κ2) is 3.48. The van der Waals surface area contributed by atoms with E-state index in [0.29, 0.717) is 5.84 Å². The third kappa shape index (κ3) is 1.77. The number of amides is 1. The molecule has 0 bridgehead atoms. The lowest BCUT2D eigenvalue weighted by Crippen LogP contribution is -2.34. The summed E-state index contributed by atoms with van der Waals surface area (Å²) in [4.78, 5) is 14.7. The van der Waals surface area contributed by atoms with Crippen LogP contribution in [-0.2, 0) is 9.53 Å². The Kier molecular flexibility index (Phi) is 2.59. The Morgan fingerprint density at radius 2 is 2.55 bits per heavy atom. The maximum atomic E-state index is 10.7. The minimum atomic E-state index is -0.0542. The molecule has 0 aromatic rings. The van der Waals surface area contributed by atoms with E-state index in [1.54, 1.807) is 7.11 Å². The third-order valence-corrected chi connectivity index (χ3v) is 1.62. The number of nitrogens with one attached hydrogen (secondary N) is 1. The quantitative estimate of drug-likeness (QED) is 0.622. The van der Waals surface area contributed by atoms with Gasteiger partial charge in [0, 0.05) is 7.11 Å². The van der Waals surface area contributed by atoms with Gasteiger partial charge in [-0.05, 0) is 6.42 Å². The van der Waals surface area contributed by atoms with E-state index in [9.17, 15) is 4.79 Å². The maximum Gasteiger partial charge on any atom is 0.247 e. The number of hydrogen-bond donors (Lipinski definition) is 1. The normalized spacial score (nSPS) is 19.5. The molecular weight excluding hydrogens is 144 g/mol. The van der Waals surface area contributed by atoms with Gasteiger partial charge in [0.05, 0.1) is 0 Å². The fraction of sp³-hybridized carbons (Fsp3) is 0.714. The molecule has 0 saturated heterocycles. The van der Waals surface area contributed by atoms with Gasteiger partial charge in [-0.2, -0.15) is 0 Å². The molecular formula is C7H12N2O2. The molecule has 1 unspecified atom stereocenters. The number of ether oxygens (including phenoxy) is 1. The van der Waals surface area contributed by atoms with E-state index in [0.717, 1.165) is 6.42 Å². The third-order valence-electron chi connectivity index (χ3n) is 1.62. The van der Waals surface area contributed by atoms with Crippen molar-refractivity contribution in [3.63, 3.8) is 0 Å². The van der Waals surface area contributed by atoms with Crippen LogP contribution in [0.4, 0.5) is 0 Å². The first-order chi connectivity index (χ1) is 5.27. The van der Waals surface area contributed by atoms with Crippen molar-refractivity contribution in [1.29, 1.82) is 0 Å². The fourth-order valence-corrected chi connectivity index (χ4v) is 1.03. The monoisotopic (exact) mass is 156 g/mol. The SMILES string of the molecule is CCC(OC)C1=NCC(=O)N1. The van der Waals surface area contributed by atoms with Crippen LogP contribution in [0.15, 0.2) is 4.99 Å². The number of rotatable bonds is 3. The Morgan fingerprint density at radius 1 is 1.82 bits per heavy atom. The highest BCUT2D eigenvalue weighted by Gasteiger charge is 2.20. The van der Waals surface area contributed by atoms with Crippen LogP contribution in [0.2, 0.25) is 0 Å². The molecule has 1 atom stereocenters. The zero-order chi connectivity index (χ0) is 8.27. The first kappa shape index (κ1) is 8.20. The molecule has 1 heterocycles. The van der Waals surface area contributed by atoms with Crippen LogP contribution in [0, 0.1) is 0 Å². The summed E-state index contributed by atoms with van der Waals surface area (Å²) in [6.45, 7) is 2.23. The van der Waals surface area contributed by atoms with E-state index in [4.69, 9.17) is 4.74 Å². The molecule has 4 nitrogen and oxygen atoms in total. The van der Waals surface area contributed by atoms with Crippen LogP contribution in [-0.4, -0.2) is 31.5 Å². The van der Waals surface area contributed by atoms with Crippen LogP contribution in [0.3, 0.4) is 0 Å². The van der Waals surface area contributed by atoms with Gasteiger partial charge in [-0.1, -0.05) is 6.92 Å². The molecule has 11 heavy (non-hydrogen) atoms. The smallest absolute Gasteiger partial charge is 0.247 e. The van der Waals surface area contributed by atoms with Crippen LogP contribution in [0.25, 0.3) is 0 Å². The number of methoxy groups -OCH3 is 1. The molecule has 0 aromatic heterocycles. The van der Waals surface area contributed by atoms with E-state index >= 15 is 0 Å². The van der Waals surface area contributed by atoms with Crippen molar-refractivity contribution in [3.8, 4) is 0 Å². The average molecular weight is 156 g/mol. The Balaban J connectivity index is 2.53. The summed E-state index contributed by atoms with van der Waals surface area (Å²) in [6, 6.07) is 0. The lowest BCUT2D eigenvalue weighted by molar-refractivity contribution is -0.117. The van der Waals surface area contributed by atoms with Gasteiger partial charge in [-0.3, -0.25) is 9.79 Å². The Hall–Kier alpha value is -0.900. The predicted molar refractivity (Wildman–Crippen MR) is 41.5 cm³/mol. The van der Waals surface area contributed by atoms with Crippen LogP contribution in [0.1, 0.15) is 13.3 Å². The zero-order valence-corrected chi connectivity index (χ0v) is 6.76. The van der Waals surface area contributed by atoms with Crippen LogP contribution in [0.5, 0.6) is 0 Å². The van der Waals surface area contributed by atoms with Crippen LogP contribution < -0.4 is 5.32 Å². The van der Waals surface area contributed by atoms with Gasteiger partial charge in [-0.25, -0.2) is 0 Å². The summed E-state index contributed by atoms with van der Waals surface area (Å²) >= 11 is 0. The lowest BCUT2D eigenvalue weighted by Gasteiger charge is -2.11.